The molecule has 1 atom stereocenters. The van der Waals surface area contributed by atoms with Crippen LogP contribution in [0.2, 0.25) is 0 Å². The number of halogens is 3. The zero-order valence-corrected chi connectivity index (χ0v) is 8.99. The highest BCUT2D eigenvalue weighted by Crippen LogP contribution is 2.16. The molecule has 1 N–H and O–H groups in total. The molecule has 0 saturated heterocycles. The number of nitrogens with one attached hydrogen (secondary N) is 1. The smallest absolute Gasteiger partial charge is 0.317 e. The standard InChI is InChI=1S/C9H19F3N2/c1-4-14(7-9(10,11)12)6-5-8(2)13-3/h8,13H,4-7H2,1-3H3. The van der Waals surface area contributed by atoms with Crippen molar-refractivity contribution in [2.75, 3.05) is 26.7 Å². The molecular weight excluding hydrogens is 193 g/mol. The molecule has 5 heteroatoms. The van der Waals surface area contributed by atoms with Crippen LogP contribution >= 0.6 is 0 Å². The number of hydrogen-bond acceptors (Lipinski definition) is 2. The minimum atomic E-state index is -4.08. The molecule has 0 rings (SSSR count). The summed E-state index contributed by atoms with van der Waals surface area (Å²) in [6.45, 7) is 3.82. The number of rotatable bonds is 6. The lowest BCUT2D eigenvalue weighted by atomic mass is 10.2. The molecule has 0 aromatic rings. The maximum Gasteiger partial charge on any atom is 0.401 e. The van der Waals surface area contributed by atoms with Crippen molar-refractivity contribution in [3.05, 3.63) is 0 Å². The van der Waals surface area contributed by atoms with E-state index in [4.69, 9.17) is 0 Å². The summed E-state index contributed by atoms with van der Waals surface area (Å²) >= 11 is 0. The fourth-order valence-corrected chi connectivity index (χ4v) is 1.12. The number of nitrogens with zero attached hydrogens (tertiary/aromatic N) is 1. The van der Waals surface area contributed by atoms with Gasteiger partial charge in [0.15, 0.2) is 0 Å². The molecule has 86 valence electrons. The van der Waals surface area contributed by atoms with Crippen LogP contribution in [0.5, 0.6) is 0 Å². The van der Waals surface area contributed by atoms with Crippen LogP contribution in [-0.4, -0.2) is 43.8 Å². The monoisotopic (exact) mass is 212 g/mol. The first kappa shape index (κ1) is 13.7. The Kier molecular flexibility index (Phi) is 6.11. The lowest BCUT2D eigenvalue weighted by molar-refractivity contribution is -0.145. The van der Waals surface area contributed by atoms with Crippen molar-refractivity contribution >= 4 is 0 Å². The topological polar surface area (TPSA) is 15.3 Å². The minimum Gasteiger partial charge on any atom is -0.317 e. The van der Waals surface area contributed by atoms with Gasteiger partial charge in [-0.1, -0.05) is 6.92 Å². The lowest BCUT2D eigenvalue weighted by Crippen LogP contribution is -2.37. The molecule has 2 nitrogen and oxygen atoms in total. The molecule has 0 aromatic heterocycles. The van der Waals surface area contributed by atoms with Gasteiger partial charge in [0.1, 0.15) is 0 Å². The molecule has 0 aliphatic rings. The summed E-state index contributed by atoms with van der Waals surface area (Å²) in [6.07, 6.45) is -3.35. The van der Waals surface area contributed by atoms with Gasteiger partial charge in [-0.3, -0.25) is 4.90 Å². The zero-order valence-electron chi connectivity index (χ0n) is 8.99. The summed E-state index contributed by atoms with van der Waals surface area (Å²) in [5.41, 5.74) is 0. The van der Waals surface area contributed by atoms with Crippen molar-refractivity contribution in [3.8, 4) is 0 Å². The quantitative estimate of drug-likeness (QED) is 0.723. The van der Waals surface area contributed by atoms with E-state index in [1.54, 1.807) is 6.92 Å². The third-order valence-electron chi connectivity index (χ3n) is 2.22. The first-order valence-electron chi connectivity index (χ1n) is 4.85. The largest absolute Gasteiger partial charge is 0.401 e. The van der Waals surface area contributed by atoms with E-state index < -0.39 is 12.7 Å². The Labute approximate surface area is 83.5 Å². The third kappa shape index (κ3) is 7.15. The van der Waals surface area contributed by atoms with Crippen LogP contribution in [0.25, 0.3) is 0 Å². The normalized spacial score (nSPS) is 14.8. The first-order valence-corrected chi connectivity index (χ1v) is 4.85. The fraction of sp³-hybridized carbons (Fsp3) is 1.00. The molecule has 0 amide bonds. The molecule has 0 aromatic carbocycles. The van der Waals surface area contributed by atoms with Gasteiger partial charge in [0, 0.05) is 6.04 Å². The Hall–Kier alpha value is -0.290. The van der Waals surface area contributed by atoms with E-state index in [0.717, 1.165) is 6.42 Å². The van der Waals surface area contributed by atoms with Gasteiger partial charge >= 0.3 is 6.18 Å². The van der Waals surface area contributed by atoms with E-state index in [-0.39, 0.29) is 6.04 Å². The molecule has 0 bridgehead atoms. The third-order valence-corrected chi connectivity index (χ3v) is 2.22. The average molecular weight is 212 g/mol. The maximum absolute atomic E-state index is 12.0. The summed E-state index contributed by atoms with van der Waals surface area (Å²) in [6, 6.07) is 0.261. The predicted molar refractivity (Wildman–Crippen MR) is 51.3 cm³/mol. The fourth-order valence-electron chi connectivity index (χ4n) is 1.12. The van der Waals surface area contributed by atoms with Crippen LogP contribution in [0.3, 0.4) is 0 Å². The van der Waals surface area contributed by atoms with Gasteiger partial charge in [0.05, 0.1) is 6.54 Å². The Balaban J connectivity index is 3.80. The van der Waals surface area contributed by atoms with E-state index in [1.165, 1.54) is 4.90 Å². The van der Waals surface area contributed by atoms with Crippen LogP contribution < -0.4 is 5.32 Å². The van der Waals surface area contributed by atoms with Crippen molar-refractivity contribution in [2.45, 2.75) is 32.5 Å². The van der Waals surface area contributed by atoms with Crippen LogP contribution in [-0.2, 0) is 0 Å². The van der Waals surface area contributed by atoms with Gasteiger partial charge in [-0.2, -0.15) is 13.2 Å². The Morgan fingerprint density at radius 2 is 1.93 bits per heavy atom. The highest BCUT2D eigenvalue weighted by Gasteiger charge is 2.29. The van der Waals surface area contributed by atoms with Crippen molar-refractivity contribution in [1.82, 2.24) is 10.2 Å². The Bertz CT molecular complexity index is 147. The van der Waals surface area contributed by atoms with E-state index in [2.05, 4.69) is 5.32 Å². The number of alkyl halides is 3. The maximum atomic E-state index is 12.0. The molecule has 0 heterocycles. The SMILES string of the molecule is CCN(CCC(C)NC)CC(F)(F)F. The van der Waals surface area contributed by atoms with Crippen molar-refractivity contribution in [1.29, 1.82) is 0 Å². The van der Waals surface area contributed by atoms with Crippen molar-refractivity contribution < 1.29 is 13.2 Å². The summed E-state index contributed by atoms with van der Waals surface area (Å²) < 4.78 is 36.1. The van der Waals surface area contributed by atoms with E-state index in [1.807, 2.05) is 14.0 Å². The van der Waals surface area contributed by atoms with Crippen LogP contribution in [0, 0.1) is 0 Å². The molecule has 0 aliphatic heterocycles. The molecule has 14 heavy (non-hydrogen) atoms. The van der Waals surface area contributed by atoms with Crippen molar-refractivity contribution in [2.24, 2.45) is 0 Å². The van der Waals surface area contributed by atoms with Crippen molar-refractivity contribution in [3.63, 3.8) is 0 Å². The molecular formula is C9H19F3N2. The van der Waals surface area contributed by atoms with Crippen LogP contribution in [0.15, 0.2) is 0 Å². The van der Waals surface area contributed by atoms with E-state index in [0.29, 0.717) is 13.1 Å². The first-order chi connectivity index (χ1) is 6.39. The molecule has 0 spiro atoms. The lowest BCUT2D eigenvalue weighted by Gasteiger charge is -2.23. The average Bonchev–Trinajstić information content (AvgIpc) is 2.09. The summed E-state index contributed by atoms with van der Waals surface area (Å²) in [5, 5.41) is 3.00. The van der Waals surface area contributed by atoms with Gasteiger partial charge in [0.2, 0.25) is 0 Å². The van der Waals surface area contributed by atoms with Crippen LogP contribution in [0.1, 0.15) is 20.3 Å². The molecule has 0 fully saturated rings. The van der Waals surface area contributed by atoms with Gasteiger partial charge in [-0.15, -0.1) is 0 Å². The summed E-state index contributed by atoms with van der Waals surface area (Å²) in [5.74, 6) is 0. The van der Waals surface area contributed by atoms with Gasteiger partial charge in [-0.05, 0) is 33.5 Å². The second-order valence-electron chi connectivity index (χ2n) is 3.46. The summed E-state index contributed by atoms with van der Waals surface area (Å²) in [7, 11) is 1.81. The molecule has 1 unspecified atom stereocenters. The second-order valence-corrected chi connectivity index (χ2v) is 3.46. The van der Waals surface area contributed by atoms with Gasteiger partial charge in [-0.25, -0.2) is 0 Å². The minimum absolute atomic E-state index is 0.261. The molecule has 0 saturated carbocycles. The van der Waals surface area contributed by atoms with E-state index >= 15 is 0 Å². The van der Waals surface area contributed by atoms with Crippen LogP contribution in [0.4, 0.5) is 13.2 Å². The summed E-state index contributed by atoms with van der Waals surface area (Å²) in [4.78, 5) is 1.41. The highest BCUT2D eigenvalue weighted by atomic mass is 19.4. The number of hydrogen-bond donors (Lipinski definition) is 1. The Morgan fingerprint density at radius 1 is 1.36 bits per heavy atom. The Morgan fingerprint density at radius 3 is 2.29 bits per heavy atom. The molecule has 0 radical (unpaired) electrons. The highest BCUT2D eigenvalue weighted by molar-refractivity contribution is 4.65. The zero-order chi connectivity index (χ0) is 11.2. The van der Waals surface area contributed by atoms with E-state index in [9.17, 15) is 13.2 Å². The second kappa shape index (κ2) is 6.24. The van der Waals surface area contributed by atoms with Gasteiger partial charge in [0.25, 0.3) is 0 Å². The van der Waals surface area contributed by atoms with Gasteiger partial charge < -0.3 is 5.32 Å². The molecule has 0 aliphatic carbocycles. The predicted octanol–water partition coefficient (Wildman–Crippen LogP) is 1.87.